The Bertz CT molecular complexity index is 607. The predicted molar refractivity (Wildman–Crippen MR) is 80.4 cm³/mol. The van der Waals surface area contributed by atoms with Crippen molar-refractivity contribution in [2.75, 3.05) is 5.32 Å². The van der Waals surface area contributed by atoms with E-state index >= 15 is 0 Å². The third-order valence-corrected chi connectivity index (χ3v) is 4.07. The zero-order chi connectivity index (χ0) is 14.0. The SMILES string of the molecule is CC(Nc1cnc(Cl)c(Br)c1)c1ccc(F)cc1Cl. The molecule has 1 atom stereocenters. The van der Waals surface area contributed by atoms with Crippen molar-refractivity contribution < 1.29 is 4.39 Å². The van der Waals surface area contributed by atoms with Gasteiger partial charge in [-0.2, -0.15) is 0 Å². The van der Waals surface area contributed by atoms with E-state index in [1.165, 1.54) is 12.1 Å². The lowest BCUT2D eigenvalue weighted by molar-refractivity contribution is 0.626. The Labute approximate surface area is 129 Å². The van der Waals surface area contributed by atoms with Gasteiger partial charge in [-0.25, -0.2) is 9.37 Å². The number of anilines is 1. The third kappa shape index (κ3) is 3.59. The van der Waals surface area contributed by atoms with Gasteiger partial charge in [0.2, 0.25) is 0 Å². The molecule has 2 nitrogen and oxygen atoms in total. The highest BCUT2D eigenvalue weighted by atomic mass is 79.9. The fourth-order valence-corrected chi connectivity index (χ4v) is 2.46. The van der Waals surface area contributed by atoms with Crippen LogP contribution in [0.25, 0.3) is 0 Å². The average Bonchev–Trinajstić information content (AvgIpc) is 2.33. The lowest BCUT2D eigenvalue weighted by Crippen LogP contribution is -2.07. The molecule has 0 radical (unpaired) electrons. The molecule has 19 heavy (non-hydrogen) atoms. The van der Waals surface area contributed by atoms with E-state index in [4.69, 9.17) is 23.2 Å². The Hall–Kier alpha value is -0.840. The Kier molecular flexibility index (Phi) is 4.66. The van der Waals surface area contributed by atoms with Crippen LogP contribution < -0.4 is 5.32 Å². The summed E-state index contributed by atoms with van der Waals surface area (Å²) in [5.74, 6) is -0.350. The van der Waals surface area contributed by atoms with Crippen molar-refractivity contribution in [3.05, 3.63) is 56.5 Å². The second-order valence-corrected chi connectivity index (χ2v) is 5.65. The van der Waals surface area contributed by atoms with Gasteiger partial charge in [0.1, 0.15) is 11.0 Å². The van der Waals surface area contributed by atoms with Gasteiger partial charge in [0, 0.05) is 5.02 Å². The molecule has 0 spiro atoms. The van der Waals surface area contributed by atoms with Crippen LogP contribution in [0.1, 0.15) is 18.5 Å². The highest BCUT2D eigenvalue weighted by Crippen LogP contribution is 2.28. The van der Waals surface area contributed by atoms with E-state index < -0.39 is 0 Å². The molecule has 1 aromatic carbocycles. The van der Waals surface area contributed by atoms with Gasteiger partial charge in [-0.05, 0) is 46.6 Å². The van der Waals surface area contributed by atoms with Crippen LogP contribution in [0.5, 0.6) is 0 Å². The molecule has 1 N–H and O–H groups in total. The summed E-state index contributed by atoms with van der Waals surface area (Å²) in [6.45, 7) is 1.93. The maximum atomic E-state index is 13.0. The standard InChI is InChI=1S/C13H10BrCl2FN2/c1-7(10-3-2-8(17)4-12(10)15)19-9-5-11(14)13(16)18-6-9/h2-7,19H,1H3. The van der Waals surface area contributed by atoms with Crippen LogP contribution in [-0.2, 0) is 0 Å². The molecule has 2 rings (SSSR count). The van der Waals surface area contributed by atoms with E-state index in [1.807, 2.05) is 13.0 Å². The van der Waals surface area contributed by atoms with Crippen molar-refractivity contribution in [2.24, 2.45) is 0 Å². The van der Waals surface area contributed by atoms with Crippen molar-refractivity contribution in [1.29, 1.82) is 0 Å². The largest absolute Gasteiger partial charge is 0.377 e. The monoisotopic (exact) mass is 362 g/mol. The van der Waals surface area contributed by atoms with Crippen LogP contribution in [0.15, 0.2) is 34.9 Å². The second-order valence-electron chi connectivity index (χ2n) is 4.03. The first-order chi connectivity index (χ1) is 8.97. The molecular formula is C13H10BrCl2FN2. The number of benzene rings is 1. The summed E-state index contributed by atoms with van der Waals surface area (Å²) in [6.07, 6.45) is 1.63. The summed E-state index contributed by atoms with van der Waals surface area (Å²) in [5.41, 5.74) is 1.61. The Balaban J connectivity index is 2.20. The predicted octanol–water partition coefficient (Wildman–Crippen LogP) is 5.46. The lowest BCUT2D eigenvalue weighted by Gasteiger charge is -2.17. The van der Waals surface area contributed by atoms with Crippen LogP contribution in [0.3, 0.4) is 0 Å². The van der Waals surface area contributed by atoms with Gasteiger partial charge in [-0.3, -0.25) is 0 Å². The molecule has 0 bridgehead atoms. The van der Waals surface area contributed by atoms with Crippen LogP contribution in [-0.4, -0.2) is 4.98 Å². The molecule has 100 valence electrons. The van der Waals surface area contributed by atoms with E-state index in [-0.39, 0.29) is 11.9 Å². The molecule has 0 saturated carbocycles. The summed E-state index contributed by atoms with van der Waals surface area (Å²) in [7, 11) is 0. The van der Waals surface area contributed by atoms with Crippen molar-refractivity contribution >= 4 is 44.8 Å². The smallest absolute Gasteiger partial charge is 0.143 e. The highest BCUT2D eigenvalue weighted by Gasteiger charge is 2.11. The maximum absolute atomic E-state index is 13.0. The van der Waals surface area contributed by atoms with Crippen LogP contribution in [0, 0.1) is 5.82 Å². The third-order valence-electron chi connectivity index (χ3n) is 2.61. The van der Waals surface area contributed by atoms with Crippen LogP contribution in [0.4, 0.5) is 10.1 Å². The summed E-state index contributed by atoms with van der Waals surface area (Å²) in [5, 5.41) is 4.02. The van der Waals surface area contributed by atoms with Crippen molar-refractivity contribution in [2.45, 2.75) is 13.0 Å². The van der Waals surface area contributed by atoms with Gasteiger partial charge in [-0.1, -0.05) is 29.3 Å². The van der Waals surface area contributed by atoms with E-state index in [0.717, 1.165) is 11.3 Å². The van der Waals surface area contributed by atoms with Gasteiger partial charge in [0.15, 0.2) is 0 Å². The molecule has 0 amide bonds. The topological polar surface area (TPSA) is 24.9 Å². The van der Waals surface area contributed by atoms with Gasteiger partial charge < -0.3 is 5.32 Å². The molecule has 0 aliphatic rings. The van der Waals surface area contributed by atoms with Crippen molar-refractivity contribution in [3.8, 4) is 0 Å². The summed E-state index contributed by atoms with van der Waals surface area (Å²) >= 11 is 15.2. The maximum Gasteiger partial charge on any atom is 0.143 e. The molecule has 0 fully saturated rings. The first kappa shape index (κ1) is 14.6. The fourth-order valence-electron chi connectivity index (χ4n) is 1.68. The molecule has 0 aliphatic heterocycles. The molecule has 6 heteroatoms. The first-order valence-electron chi connectivity index (χ1n) is 5.50. The number of halogens is 4. The second kappa shape index (κ2) is 6.07. The number of nitrogens with one attached hydrogen (secondary N) is 1. The number of rotatable bonds is 3. The Morgan fingerprint density at radius 3 is 2.68 bits per heavy atom. The van der Waals surface area contributed by atoms with Gasteiger partial charge in [0.25, 0.3) is 0 Å². The number of hydrogen-bond donors (Lipinski definition) is 1. The van der Waals surface area contributed by atoms with E-state index in [0.29, 0.717) is 14.6 Å². The fraction of sp³-hybridized carbons (Fsp3) is 0.154. The summed E-state index contributed by atoms with van der Waals surface area (Å²) in [6, 6.07) is 6.08. The van der Waals surface area contributed by atoms with Crippen LogP contribution in [0.2, 0.25) is 10.2 Å². The minimum atomic E-state index is -0.350. The quantitative estimate of drug-likeness (QED) is 0.732. The van der Waals surface area contributed by atoms with Crippen LogP contribution >= 0.6 is 39.1 Å². The molecular weight excluding hydrogens is 354 g/mol. The minimum absolute atomic E-state index is 0.0806. The highest BCUT2D eigenvalue weighted by molar-refractivity contribution is 9.10. The van der Waals surface area contributed by atoms with E-state index in [2.05, 4.69) is 26.2 Å². The van der Waals surface area contributed by atoms with Crippen molar-refractivity contribution in [1.82, 2.24) is 4.98 Å². The molecule has 1 heterocycles. The Morgan fingerprint density at radius 1 is 1.32 bits per heavy atom. The molecule has 0 aliphatic carbocycles. The number of aromatic nitrogens is 1. The number of hydrogen-bond acceptors (Lipinski definition) is 2. The first-order valence-corrected chi connectivity index (χ1v) is 7.05. The summed E-state index contributed by atoms with van der Waals surface area (Å²) < 4.78 is 13.7. The van der Waals surface area contributed by atoms with E-state index in [9.17, 15) is 4.39 Å². The van der Waals surface area contributed by atoms with Gasteiger partial charge >= 0.3 is 0 Å². The zero-order valence-corrected chi connectivity index (χ0v) is 13.0. The average molecular weight is 364 g/mol. The van der Waals surface area contributed by atoms with E-state index in [1.54, 1.807) is 12.3 Å². The molecule has 1 unspecified atom stereocenters. The normalized spacial score (nSPS) is 12.3. The lowest BCUT2D eigenvalue weighted by atomic mass is 10.1. The summed E-state index contributed by atoms with van der Waals surface area (Å²) in [4.78, 5) is 4.02. The molecule has 1 aromatic heterocycles. The van der Waals surface area contributed by atoms with Gasteiger partial charge in [-0.15, -0.1) is 0 Å². The number of nitrogens with zero attached hydrogens (tertiary/aromatic N) is 1. The Morgan fingerprint density at radius 2 is 2.05 bits per heavy atom. The minimum Gasteiger partial charge on any atom is -0.377 e. The van der Waals surface area contributed by atoms with Crippen molar-refractivity contribution in [3.63, 3.8) is 0 Å². The number of pyridine rings is 1. The zero-order valence-electron chi connectivity index (χ0n) is 9.92. The molecule has 0 saturated heterocycles. The molecule has 2 aromatic rings. The van der Waals surface area contributed by atoms with Gasteiger partial charge in [0.05, 0.1) is 22.4 Å².